The molecule has 0 radical (unpaired) electrons. The number of hydrogen-bond acceptors (Lipinski definition) is 4. The Balaban J connectivity index is 1.73. The Labute approximate surface area is 170 Å². The van der Waals surface area contributed by atoms with Crippen LogP contribution in [0.3, 0.4) is 0 Å². The number of aromatic amines is 1. The van der Waals surface area contributed by atoms with Gasteiger partial charge in [-0.1, -0.05) is 0 Å². The van der Waals surface area contributed by atoms with E-state index in [2.05, 4.69) is 10.3 Å². The summed E-state index contributed by atoms with van der Waals surface area (Å²) in [6, 6.07) is 5.87. The minimum Gasteiger partial charge on any atom is -0.497 e. The molecule has 29 heavy (non-hydrogen) atoms. The minimum atomic E-state index is -0.414. The lowest BCUT2D eigenvalue weighted by Gasteiger charge is -2.07. The summed E-state index contributed by atoms with van der Waals surface area (Å²) in [5, 5.41) is 4.05. The Bertz CT molecular complexity index is 1060. The van der Waals surface area contributed by atoms with Gasteiger partial charge in [-0.05, 0) is 56.5 Å². The van der Waals surface area contributed by atoms with Gasteiger partial charge in [-0.2, -0.15) is 0 Å². The second-order valence-corrected chi connectivity index (χ2v) is 6.94. The largest absolute Gasteiger partial charge is 0.497 e. The van der Waals surface area contributed by atoms with Crippen molar-refractivity contribution in [2.45, 2.75) is 27.2 Å². The number of fused-ring (bicyclic) bond motifs is 1. The van der Waals surface area contributed by atoms with Crippen LogP contribution >= 0.6 is 0 Å². The summed E-state index contributed by atoms with van der Waals surface area (Å²) in [6.07, 6.45) is 2.63. The minimum absolute atomic E-state index is 0.191. The second kappa shape index (κ2) is 8.43. The number of esters is 1. The zero-order valence-corrected chi connectivity index (χ0v) is 17.5. The van der Waals surface area contributed by atoms with Gasteiger partial charge in [-0.3, -0.25) is 4.79 Å². The summed E-state index contributed by atoms with van der Waals surface area (Å²) in [6.45, 7) is 6.14. The van der Waals surface area contributed by atoms with Crippen molar-refractivity contribution in [3.8, 4) is 5.75 Å². The van der Waals surface area contributed by atoms with Crippen LogP contribution in [0.25, 0.3) is 10.9 Å². The van der Waals surface area contributed by atoms with Crippen molar-refractivity contribution < 1.29 is 19.1 Å². The Kier molecular flexibility index (Phi) is 5.96. The number of rotatable bonds is 7. The smallest absolute Gasteiger partial charge is 0.355 e. The van der Waals surface area contributed by atoms with Crippen molar-refractivity contribution in [3.63, 3.8) is 0 Å². The molecule has 0 aliphatic carbocycles. The molecule has 1 aromatic carbocycles. The highest BCUT2D eigenvalue weighted by Crippen LogP contribution is 2.24. The standard InChI is InChI=1S/C22H27N3O4/c1-6-29-22(27)20-13(2)19(14(3)25(20)4)21(26)23-10-9-15-12-24-18-8-7-16(28-5)11-17(15)18/h7-8,11-12,24H,6,9-10H2,1-5H3,(H,23,26). The van der Waals surface area contributed by atoms with E-state index >= 15 is 0 Å². The number of carbonyl (C=O) groups excluding carboxylic acids is 2. The van der Waals surface area contributed by atoms with E-state index in [4.69, 9.17) is 9.47 Å². The quantitative estimate of drug-likeness (QED) is 0.599. The Hall–Kier alpha value is -3.22. The summed E-state index contributed by atoms with van der Waals surface area (Å²) in [4.78, 5) is 28.3. The van der Waals surface area contributed by atoms with E-state index in [0.29, 0.717) is 36.4 Å². The highest BCUT2D eigenvalue weighted by atomic mass is 16.5. The molecule has 0 spiro atoms. The molecule has 7 heteroatoms. The second-order valence-electron chi connectivity index (χ2n) is 6.94. The fourth-order valence-electron chi connectivity index (χ4n) is 3.69. The van der Waals surface area contributed by atoms with Crippen molar-refractivity contribution in [1.29, 1.82) is 0 Å². The van der Waals surface area contributed by atoms with Crippen LogP contribution in [0, 0.1) is 13.8 Å². The average molecular weight is 397 g/mol. The van der Waals surface area contributed by atoms with Crippen LogP contribution < -0.4 is 10.1 Å². The summed E-state index contributed by atoms with van der Waals surface area (Å²) >= 11 is 0. The number of H-pyrrole nitrogens is 1. The first kappa shape index (κ1) is 20.5. The van der Waals surface area contributed by atoms with Gasteiger partial charge in [0, 0.05) is 36.4 Å². The zero-order chi connectivity index (χ0) is 21.1. The first-order valence-corrected chi connectivity index (χ1v) is 9.64. The van der Waals surface area contributed by atoms with E-state index in [1.165, 1.54) is 0 Å². The third kappa shape index (κ3) is 3.85. The molecule has 154 valence electrons. The molecule has 2 heterocycles. The van der Waals surface area contributed by atoms with Gasteiger partial charge in [0.05, 0.1) is 19.3 Å². The Morgan fingerprint density at radius 2 is 2.00 bits per heavy atom. The lowest BCUT2D eigenvalue weighted by atomic mass is 10.1. The van der Waals surface area contributed by atoms with Gasteiger partial charge in [0.2, 0.25) is 0 Å². The van der Waals surface area contributed by atoms with Crippen LogP contribution in [0.4, 0.5) is 0 Å². The third-order valence-corrected chi connectivity index (χ3v) is 5.28. The first-order valence-electron chi connectivity index (χ1n) is 9.64. The number of ether oxygens (including phenoxy) is 2. The van der Waals surface area contributed by atoms with E-state index in [1.54, 1.807) is 32.6 Å². The van der Waals surface area contributed by atoms with Crippen molar-refractivity contribution in [3.05, 3.63) is 52.5 Å². The Morgan fingerprint density at radius 1 is 1.24 bits per heavy atom. The molecule has 2 N–H and O–H groups in total. The average Bonchev–Trinajstić information content (AvgIpc) is 3.19. The van der Waals surface area contributed by atoms with E-state index in [9.17, 15) is 9.59 Å². The third-order valence-electron chi connectivity index (χ3n) is 5.28. The van der Waals surface area contributed by atoms with Gasteiger partial charge >= 0.3 is 5.97 Å². The molecule has 2 aromatic heterocycles. The van der Waals surface area contributed by atoms with Crippen molar-refractivity contribution >= 4 is 22.8 Å². The van der Waals surface area contributed by atoms with Gasteiger partial charge in [-0.15, -0.1) is 0 Å². The molecule has 0 fully saturated rings. The first-order chi connectivity index (χ1) is 13.9. The van der Waals surface area contributed by atoms with Crippen LogP contribution in [0.5, 0.6) is 5.75 Å². The van der Waals surface area contributed by atoms with Crippen LogP contribution in [0.2, 0.25) is 0 Å². The summed E-state index contributed by atoms with van der Waals surface area (Å²) in [5.74, 6) is 0.190. The molecule has 0 saturated carbocycles. The van der Waals surface area contributed by atoms with Crippen LogP contribution in [-0.2, 0) is 18.2 Å². The number of nitrogens with one attached hydrogen (secondary N) is 2. The van der Waals surface area contributed by atoms with Gasteiger partial charge in [0.1, 0.15) is 11.4 Å². The predicted molar refractivity (Wildman–Crippen MR) is 112 cm³/mol. The molecular formula is C22H27N3O4. The molecule has 7 nitrogen and oxygen atoms in total. The van der Waals surface area contributed by atoms with Gasteiger partial charge in [-0.25, -0.2) is 4.79 Å². The maximum Gasteiger partial charge on any atom is 0.355 e. The van der Waals surface area contributed by atoms with Gasteiger partial charge in [0.15, 0.2) is 0 Å². The molecule has 3 aromatic rings. The summed E-state index contributed by atoms with van der Waals surface area (Å²) in [5.41, 5.74) is 4.45. The number of aromatic nitrogens is 2. The van der Waals surface area contributed by atoms with E-state index < -0.39 is 5.97 Å². The SMILES string of the molecule is CCOC(=O)c1c(C)c(C(=O)NCCc2c[nH]c3ccc(OC)cc23)c(C)n1C. The lowest BCUT2D eigenvalue weighted by molar-refractivity contribution is 0.0514. The van der Waals surface area contributed by atoms with Crippen molar-refractivity contribution in [2.24, 2.45) is 7.05 Å². The maximum absolute atomic E-state index is 12.8. The number of methoxy groups -OCH3 is 1. The molecule has 0 unspecified atom stereocenters. The molecule has 0 aliphatic rings. The lowest BCUT2D eigenvalue weighted by Crippen LogP contribution is -2.26. The van der Waals surface area contributed by atoms with Gasteiger partial charge in [0.25, 0.3) is 5.91 Å². The van der Waals surface area contributed by atoms with Crippen molar-refractivity contribution in [1.82, 2.24) is 14.9 Å². The molecular weight excluding hydrogens is 370 g/mol. The number of amides is 1. The monoisotopic (exact) mass is 397 g/mol. The van der Waals surface area contributed by atoms with Gasteiger partial charge < -0.3 is 24.3 Å². The van der Waals surface area contributed by atoms with Crippen molar-refractivity contribution in [2.75, 3.05) is 20.3 Å². The number of carbonyl (C=O) groups is 2. The predicted octanol–water partition coefficient (Wildman–Crippen LogP) is 3.28. The van der Waals surface area contributed by atoms with E-state index in [0.717, 1.165) is 27.9 Å². The molecule has 3 rings (SSSR count). The number of hydrogen-bond donors (Lipinski definition) is 2. The normalized spacial score (nSPS) is 10.9. The van der Waals surface area contributed by atoms with Crippen LogP contribution in [-0.4, -0.2) is 41.7 Å². The summed E-state index contributed by atoms with van der Waals surface area (Å²) < 4.78 is 12.1. The van der Waals surface area contributed by atoms with Crippen LogP contribution in [0.15, 0.2) is 24.4 Å². The molecule has 0 atom stereocenters. The number of benzene rings is 1. The van der Waals surface area contributed by atoms with Crippen LogP contribution in [0.1, 0.15) is 44.6 Å². The maximum atomic E-state index is 12.8. The summed E-state index contributed by atoms with van der Waals surface area (Å²) in [7, 11) is 3.41. The molecule has 1 amide bonds. The fraction of sp³-hybridized carbons (Fsp3) is 0.364. The fourth-order valence-corrected chi connectivity index (χ4v) is 3.69. The number of nitrogens with zero attached hydrogens (tertiary/aromatic N) is 1. The topological polar surface area (TPSA) is 85.3 Å². The molecule has 0 bridgehead atoms. The van der Waals surface area contributed by atoms with E-state index in [-0.39, 0.29) is 5.91 Å². The highest BCUT2D eigenvalue weighted by molar-refractivity contribution is 6.01. The molecule has 0 saturated heterocycles. The highest BCUT2D eigenvalue weighted by Gasteiger charge is 2.25. The Morgan fingerprint density at radius 3 is 2.69 bits per heavy atom. The molecule has 0 aliphatic heterocycles. The zero-order valence-electron chi connectivity index (χ0n) is 17.5. The van der Waals surface area contributed by atoms with E-state index in [1.807, 2.05) is 31.3 Å².